The Kier molecular flexibility index (Phi) is 5.50. The summed E-state index contributed by atoms with van der Waals surface area (Å²) in [5.74, 6) is 0.748. The quantitative estimate of drug-likeness (QED) is 0.813. The minimum Gasteiger partial charge on any atom is -0.353 e. The normalized spacial score (nSPS) is 16.6. The van der Waals surface area contributed by atoms with E-state index in [0.717, 1.165) is 32.0 Å². The summed E-state index contributed by atoms with van der Waals surface area (Å²) in [6.07, 6.45) is 3.38. The van der Waals surface area contributed by atoms with Crippen molar-refractivity contribution >= 4 is 11.7 Å². The molecule has 1 aromatic heterocycles. The van der Waals surface area contributed by atoms with Crippen LogP contribution in [0.4, 0.5) is 5.82 Å². The van der Waals surface area contributed by atoms with Gasteiger partial charge in [0.1, 0.15) is 11.9 Å². The van der Waals surface area contributed by atoms with E-state index < -0.39 is 0 Å². The molecule has 1 atom stereocenters. The fraction of sp³-hybridized carbons (Fsp3) is 0.438. The highest BCUT2D eigenvalue weighted by Crippen LogP contribution is 2.18. The molecule has 0 saturated carbocycles. The van der Waals surface area contributed by atoms with Crippen molar-refractivity contribution in [3.05, 3.63) is 36.5 Å². The topological polar surface area (TPSA) is 72.3 Å². The number of hydrogen-bond donors (Lipinski definition) is 1. The molecule has 1 aliphatic rings. The molecule has 6 nitrogen and oxygen atoms in total. The van der Waals surface area contributed by atoms with Gasteiger partial charge in [-0.3, -0.25) is 9.69 Å². The lowest BCUT2D eigenvalue weighted by Gasteiger charge is -2.38. The summed E-state index contributed by atoms with van der Waals surface area (Å²) < 4.78 is 0. The first-order chi connectivity index (χ1) is 10.7. The highest BCUT2D eigenvalue weighted by Gasteiger charge is 2.26. The number of nitrogens with one attached hydrogen (secondary N) is 1. The minimum atomic E-state index is -0.165. The summed E-state index contributed by atoms with van der Waals surface area (Å²) in [5.41, 5.74) is 0.590. The summed E-state index contributed by atoms with van der Waals surface area (Å²) in [7, 11) is 0. The van der Waals surface area contributed by atoms with Crippen molar-refractivity contribution in [1.82, 2.24) is 15.2 Å². The molecule has 1 N–H and O–H groups in total. The van der Waals surface area contributed by atoms with Crippen LogP contribution in [-0.2, 0) is 4.79 Å². The van der Waals surface area contributed by atoms with Crippen molar-refractivity contribution in [2.75, 3.05) is 37.6 Å². The third kappa shape index (κ3) is 3.62. The van der Waals surface area contributed by atoms with Crippen molar-refractivity contribution in [2.24, 2.45) is 0 Å². The van der Waals surface area contributed by atoms with Crippen LogP contribution in [0.2, 0.25) is 0 Å². The molecule has 1 amide bonds. The van der Waals surface area contributed by atoms with E-state index in [1.807, 2.05) is 6.92 Å². The van der Waals surface area contributed by atoms with Crippen molar-refractivity contribution in [3.63, 3.8) is 0 Å². The fourth-order valence-electron chi connectivity index (χ4n) is 2.54. The predicted octanol–water partition coefficient (Wildman–Crippen LogP) is 0.766. The zero-order chi connectivity index (χ0) is 15.9. The third-order valence-corrected chi connectivity index (χ3v) is 3.87. The Morgan fingerprint density at radius 3 is 2.91 bits per heavy atom. The molecule has 6 heteroatoms. The maximum absolute atomic E-state index is 12.0. The van der Waals surface area contributed by atoms with Gasteiger partial charge in [-0.25, -0.2) is 4.98 Å². The predicted molar refractivity (Wildman–Crippen MR) is 85.4 cm³/mol. The smallest absolute Gasteiger partial charge is 0.237 e. The SMILES string of the molecule is C=CCNC(=O)C(C)N1CCN(c2ncccc2C#N)CC1. The second-order valence-corrected chi connectivity index (χ2v) is 5.22. The van der Waals surface area contributed by atoms with Crippen LogP contribution in [0, 0.1) is 11.3 Å². The van der Waals surface area contributed by atoms with E-state index in [0.29, 0.717) is 12.1 Å². The van der Waals surface area contributed by atoms with E-state index in [1.165, 1.54) is 0 Å². The zero-order valence-electron chi connectivity index (χ0n) is 12.8. The minimum absolute atomic E-state index is 0.0175. The number of piperazine rings is 1. The van der Waals surface area contributed by atoms with Crippen molar-refractivity contribution in [3.8, 4) is 6.07 Å². The standard InChI is InChI=1S/C16H21N5O/c1-3-6-19-16(22)13(2)20-8-10-21(11-9-20)15-14(12-17)5-4-7-18-15/h3-5,7,13H,1,6,8-11H2,2H3,(H,19,22). The molecule has 2 heterocycles. The first-order valence-corrected chi connectivity index (χ1v) is 7.40. The summed E-state index contributed by atoms with van der Waals surface area (Å²) in [6, 6.07) is 5.56. The molecule has 22 heavy (non-hydrogen) atoms. The van der Waals surface area contributed by atoms with Crippen molar-refractivity contribution in [2.45, 2.75) is 13.0 Å². The van der Waals surface area contributed by atoms with Gasteiger partial charge in [-0.15, -0.1) is 6.58 Å². The molecule has 1 aromatic rings. The lowest BCUT2D eigenvalue weighted by atomic mass is 10.2. The molecule has 1 aliphatic heterocycles. The number of nitrogens with zero attached hydrogens (tertiary/aromatic N) is 4. The second-order valence-electron chi connectivity index (χ2n) is 5.22. The van der Waals surface area contributed by atoms with Crippen molar-refractivity contribution in [1.29, 1.82) is 5.26 Å². The average molecular weight is 299 g/mol. The molecule has 0 aliphatic carbocycles. The molecular formula is C16H21N5O. The van der Waals surface area contributed by atoms with Gasteiger partial charge in [0.2, 0.25) is 5.91 Å². The van der Waals surface area contributed by atoms with Gasteiger partial charge >= 0.3 is 0 Å². The number of carbonyl (C=O) groups is 1. The Morgan fingerprint density at radius 2 is 2.27 bits per heavy atom. The van der Waals surface area contributed by atoms with Crippen LogP contribution in [0.3, 0.4) is 0 Å². The van der Waals surface area contributed by atoms with Crippen LogP contribution in [0.1, 0.15) is 12.5 Å². The number of hydrogen-bond acceptors (Lipinski definition) is 5. The van der Waals surface area contributed by atoms with Crippen LogP contribution in [0.25, 0.3) is 0 Å². The first kappa shape index (κ1) is 16.0. The lowest BCUT2D eigenvalue weighted by Crippen LogP contribution is -2.54. The Hall–Kier alpha value is -2.39. The Labute approximate surface area is 131 Å². The summed E-state index contributed by atoms with van der Waals surface area (Å²) in [4.78, 5) is 20.5. The van der Waals surface area contributed by atoms with Crippen molar-refractivity contribution < 1.29 is 4.79 Å². The van der Waals surface area contributed by atoms with Gasteiger partial charge in [-0.05, 0) is 19.1 Å². The Bertz CT molecular complexity index is 572. The van der Waals surface area contributed by atoms with Gasteiger partial charge < -0.3 is 10.2 Å². The third-order valence-electron chi connectivity index (χ3n) is 3.87. The molecule has 2 rings (SSSR count). The summed E-state index contributed by atoms with van der Waals surface area (Å²) in [6.45, 7) is 9.04. The van der Waals surface area contributed by atoms with E-state index in [-0.39, 0.29) is 11.9 Å². The van der Waals surface area contributed by atoms with Crippen LogP contribution >= 0.6 is 0 Å². The monoisotopic (exact) mass is 299 g/mol. The van der Waals surface area contributed by atoms with Gasteiger partial charge in [0.15, 0.2) is 0 Å². The van der Waals surface area contributed by atoms with Gasteiger partial charge in [0.05, 0.1) is 11.6 Å². The van der Waals surface area contributed by atoms with Crippen LogP contribution in [0.15, 0.2) is 31.0 Å². The van der Waals surface area contributed by atoms with Gasteiger partial charge in [0, 0.05) is 38.9 Å². The van der Waals surface area contributed by atoms with E-state index in [1.54, 1.807) is 24.4 Å². The lowest BCUT2D eigenvalue weighted by molar-refractivity contribution is -0.125. The Morgan fingerprint density at radius 1 is 1.55 bits per heavy atom. The molecule has 1 fully saturated rings. The number of anilines is 1. The molecular weight excluding hydrogens is 278 g/mol. The van der Waals surface area contributed by atoms with Gasteiger partial charge in [-0.2, -0.15) is 5.26 Å². The number of amides is 1. The molecule has 1 saturated heterocycles. The summed E-state index contributed by atoms with van der Waals surface area (Å²) in [5, 5.41) is 12.0. The number of pyridine rings is 1. The van der Waals surface area contributed by atoms with Gasteiger partial charge in [-0.1, -0.05) is 6.08 Å². The zero-order valence-corrected chi connectivity index (χ0v) is 12.8. The number of aromatic nitrogens is 1. The molecule has 1 unspecified atom stereocenters. The highest BCUT2D eigenvalue weighted by atomic mass is 16.2. The van der Waals surface area contributed by atoms with E-state index in [4.69, 9.17) is 5.26 Å². The fourth-order valence-corrected chi connectivity index (χ4v) is 2.54. The molecule has 0 bridgehead atoms. The van der Waals surface area contributed by atoms with E-state index >= 15 is 0 Å². The molecule has 0 radical (unpaired) electrons. The largest absolute Gasteiger partial charge is 0.353 e. The van der Waals surface area contributed by atoms with Crippen LogP contribution < -0.4 is 10.2 Å². The van der Waals surface area contributed by atoms with E-state index in [2.05, 4.69) is 32.7 Å². The number of rotatable bonds is 5. The number of nitriles is 1. The molecule has 0 aromatic carbocycles. The Balaban J connectivity index is 1.94. The first-order valence-electron chi connectivity index (χ1n) is 7.40. The average Bonchev–Trinajstić information content (AvgIpc) is 2.59. The van der Waals surface area contributed by atoms with Crippen LogP contribution in [-0.4, -0.2) is 54.6 Å². The maximum Gasteiger partial charge on any atom is 0.237 e. The maximum atomic E-state index is 12.0. The molecule has 116 valence electrons. The molecule has 0 spiro atoms. The second kappa shape index (κ2) is 7.57. The summed E-state index contributed by atoms with van der Waals surface area (Å²) >= 11 is 0. The van der Waals surface area contributed by atoms with Crippen LogP contribution in [0.5, 0.6) is 0 Å². The van der Waals surface area contributed by atoms with E-state index in [9.17, 15) is 4.79 Å². The number of carbonyl (C=O) groups excluding carboxylic acids is 1. The van der Waals surface area contributed by atoms with Gasteiger partial charge in [0.25, 0.3) is 0 Å². The highest BCUT2D eigenvalue weighted by molar-refractivity contribution is 5.81.